The van der Waals surface area contributed by atoms with Crippen LogP contribution in [0.5, 0.6) is 0 Å². The lowest BCUT2D eigenvalue weighted by Crippen LogP contribution is -2.41. The highest BCUT2D eigenvalue weighted by atomic mass is 16.7. The van der Waals surface area contributed by atoms with Crippen LogP contribution in [0.25, 0.3) is 0 Å². The normalized spacial score (nSPS) is 24.1. The van der Waals surface area contributed by atoms with Crippen LogP contribution in [0.1, 0.15) is 57.4 Å². The molecule has 0 spiro atoms. The average molecular weight is 346 g/mol. The lowest BCUT2D eigenvalue weighted by atomic mass is 9.75. The number of benzene rings is 1. The quantitative estimate of drug-likeness (QED) is 0.621. The van der Waals surface area contributed by atoms with E-state index in [0.717, 1.165) is 23.0 Å². The SMILES string of the molecule is COC(=O)Cc1cc(B2OC(C)(C)C(C)(C)O2)cc2c1[C@H](C)OCC2. The molecule has 2 aliphatic heterocycles. The number of fused-ring (bicyclic) bond motifs is 1. The van der Waals surface area contributed by atoms with Gasteiger partial charge < -0.3 is 18.8 Å². The van der Waals surface area contributed by atoms with Crippen LogP contribution in [0.4, 0.5) is 0 Å². The molecule has 0 aliphatic carbocycles. The Morgan fingerprint density at radius 1 is 1.24 bits per heavy atom. The Balaban J connectivity index is 2.01. The van der Waals surface area contributed by atoms with E-state index in [2.05, 4.69) is 6.07 Å². The number of ether oxygens (including phenoxy) is 2. The smallest absolute Gasteiger partial charge is 0.469 e. The van der Waals surface area contributed by atoms with E-state index in [-0.39, 0.29) is 18.5 Å². The molecule has 0 unspecified atom stereocenters. The number of carbonyl (C=O) groups is 1. The van der Waals surface area contributed by atoms with Crippen LogP contribution in [0.15, 0.2) is 12.1 Å². The second kappa shape index (κ2) is 6.42. The fraction of sp³-hybridized carbons (Fsp3) is 0.632. The molecule has 1 fully saturated rings. The highest BCUT2D eigenvalue weighted by Crippen LogP contribution is 2.37. The van der Waals surface area contributed by atoms with Gasteiger partial charge in [0.2, 0.25) is 0 Å². The van der Waals surface area contributed by atoms with Crippen molar-refractivity contribution in [1.82, 2.24) is 0 Å². The third-order valence-corrected chi connectivity index (χ3v) is 5.61. The summed E-state index contributed by atoms with van der Waals surface area (Å²) in [7, 11) is 0.970. The fourth-order valence-corrected chi connectivity index (χ4v) is 3.45. The molecule has 1 aromatic rings. The summed E-state index contributed by atoms with van der Waals surface area (Å²) in [6.45, 7) is 10.9. The Morgan fingerprint density at radius 2 is 1.88 bits per heavy atom. The number of rotatable bonds is 3. The fourth-order valence-electron chi connectivity index (χ4n) is 3.45. The highest BCUT2D eigenvalue weighted by molar-refractivity contribution is 6.62. The van der Waals surface area contributed by atoms with Gasteiger partial charge in [-0.1, -0.05) is 12.1 Å². The zero-order valence-electron chi connectivity index (χ0n) is 16.0. The predicted molar refractivity (Wildman–Crippen MR) is 95.9 cm³/mol. The van der Waals surface area contributed by atoms with Crippen molar-refractivity contribution in [2.24, 2.45) is 0 Å². The van der Waals surface area contributed by atoms with E-state index in [0.29, 0.717) is 6.61 Å². The molecule has 0 N–H and O–H groups in total. The first kappa shape index (κ1) is 18.4. The number of hydrogen-bond acceptors (Lipinski definition) is 5. The lowest BCUT2D eigenvalue weighted by molar-refractivity contribution is -0.139. The van der Waals surface area contributed by atoms with Crippen molar-refractivity contribution in [3.63, 3.8) is 0 Å². The van der Waals surface area contributed by atoms with Gasteiger partial charge in [-0.3, -0.25) is 4.79 Å². The van der Waals surface area contributed by atoms with E-state index in [1.807, 2.05) is 40.7 Å². The molecular weight excluding hydrogens is 319 g/mol. The molecule has 0 radical (unpaired) electrons. The van der Waals surface area contributed by atoms with E-state index in [1.54, 1.807) is 0 Å². The van der Waals surface area contributed by atoms with E-state index >= 15 is 0 Å². The number of carbonyl (C=O) groups excluding carboxylic acids is 1. The van der Waals surface area contributed by atoms with Crippen LogP contribution in [-0.2, 0) is 36.4 Å². The van der Waals surface area contributed by atoms with Crippen molar-refractivity contribution in [3.05, 3.63) is 28.8 Å². The summed E-state index contributed by atoms with van der Waals surface area (Å²) in [5.74, 6) is -0.258. The van der Waals surface area contributed by atoms with Gasteiger partial charge in [-0.25, -0.2) is 0 Å². The van der Waals surface area contributed by atoms with Crippen LogP contribution in [-0.4, -0.2) is 38.0 Å². The zero-order valence-corrected chi connectivity index (χ0v) is 16.0. The Hall–Kier alpha value is -1.37. The summed E-state index contributed by atoms with van der Waals surface area (Å²) < 4.78 is 23.0. The largest absolute Gasteiger partial charge is 0.494 e. The van der Waals surface area contributed by atoms with Gasteiger partial charge in [0.25, 0.3) is 0 Å². The van der Waals surface area contributed by atoms with Gasteiger partial charge in [0.1, 0.15) is 0 Å². The summed E-state index contributed by atoms with van der Waals surface area (Å²) in [5.41, 5.74) is 3.38. The number of hydrogen-bond donors (Lipinski definition) is 0. The minimum absolute atomic E-state index is 0.0317. The third-order valence-electron chi connectivity index (χ3n) is 5.61. The molecule has 0 saturated carbocycles. The molecule has 136 valence electrons. The summed E-state index contributed by atoms with van der Waals surface area (Å²) >= 11 is 0. The van der Waals surface area contributed by atoms with Gasteiger partial charge in [0, 0.05) is 0 Å². The monoisotopic (exact) mass is 346 g/mol. The second-order valence-electron chi connectivity index (χ2n) is 7.86. The maximum absolute atomic E-state index is 11.9. The molecule has 1 aromatic carbocycles. The second-order valence-corrected chi connectivity index (χ2v) is 7.86. The van der Waals surface area contributed by atoms with Gasteiger partial charge >= 0.3 is 13.1 Å². The molecule has 0 bridgehead atoms. The number of esters is 1. The molecule has 3 rings (SSSR count). The first-order valence-electron chi connectivity index (χ1n) is 8.84. The minimum atomic E-state index is -0.440. The van der Waals surface area contributed by atoms with Gasteiger partial charge in [-0.15, -0.1) is 0 Å². The Morgan fingerprint density at radius 3 is 2.48 bits per heavy atom. The van der Waals surface area contributed by atoms with Crippen molar-refractivity contribution in [2.75, 3.05) is 13.7 Å². The topological polar surface area (TPSA) is 54.0 Å². The van der Waals surface area contributed by atoms with Gasteiger partial charge in [-0.05, 0) is 63.2 Å². The Kier molecular flexibility index (Phi) is 4.73. The van der Waals surface area contributed by atoms with E-state index in [1.165, 1.54) is 12.7 Å². The molecule has 2 aliphatic rings. The van der Waals surface area contributed by atoms with Crippen LogP contribution in [0.3, 0.4) is 0 Å². The zero-order chi connectivity index (χ0) is 18.4. The molecule has 1 saturated heterocycles. The molecule has 0 aromatic heterocycles. The average Bonchev–Trinajstić information content (AvgIpc) is 2.75. The molecule has 6 heteroatoms. The highest BCUT2D eigenvalue weighted by Gasteiger charge is 2.52. The van der Waals surface area contributed by atoms with Crippen molar-refractivity contribution >= 4 is 18.6 Å². The van der Waals surface area contributed by atoms with E-state index in [4.69, 9.17) is 18.8 Å². The standard InChI is InChI=1S/C19H27BO5/c1-12-17-13(7-8-23-12)9-15(10-14(17)11-16(21)22-6)20-24-18(2,3)19(4,5)25-20/h9-10,12H,7-8,11H2,1-6H3/t12-/m0/s1. The maximum atomic E-state index is 11.9. The van der Waals surface area contributed by atoms with Crippen molar-refractivity contribution in [3.8, 4) is 0 Å². The van der Waals surface area contributed by atoms with Crippen LogP contribution < -0.4 is 5.46 Å². The Bertz CT molecular complexity index is 667. The summed E-state index contributed by atoms with van der Waals surface area (Å²) in [6.07, 6.45) is 1.01. The first-order valence-corrected chi connectivity index (χ1v) is 8.84. The van der Waals surface area contributed by atoms with E-state index in [9.17, 15) is 4.79 Å². The van der Waals surface area contributed by atoms with Crippen LogP contribution in [0, 0.1) is 0 Å². The predicted octanol–water partition coefficient (Wildman–Crippen LogP) is 2.33. The third kappa shape index (κ3) is 3.35. The molecule has 1 atom stereocenters. The van der Waals surface area contributed by atoms with Crippen molar-refractivity contribution < 1.29 is 23.6 Å². The molecular formula is C19H27BO5. The van der Waals surface area contributed by atoms with Crippen LogP contribution >= 0.6 is 0 Å². The van der Waals surface area contributed by atoms with E-state index < -0.39 is 18.3 Å². The summed E-state index contributed by atoms with van der Waals surface area (Å²) in [5, 5.41) is 0. The van der Waals surface area contributed by atoms with Crippen molar-refractivity contribution in [1.29, 1.82) is 0 Å². The molecule has 5 nitrogen and oxygen atoms in total. The van der Waals surface area contributed by atoms with Gasteiger partial charge in [0.05, 0.1) is 37.4 Å². The van der Waals surface area contributed by atoms with Gasteiger partial charge in [0.15, 0.2) is 0 Å². The summed E-state index contributed by atoms with van der Waals surface area (Å²) in [4.78, 5) is 11.9. The molecule has 25 heavy (non-hydrogen) atoms. The summed E-state index contributed by atoms with van der Waals surface area (Å²) in [6, 6.07) is 4.14. The molecule has 2 heterocycles. The van der Waals surface area contributed by atoms with Gasteiger partial charge in [-0.2, -0.15) is 0 Å². The first-order chi connectivity index (χ1) is 11.6. The Labute approximate surface area is 150 Å². The lowest BCUT2D eigenvalue weighted by Gasteiger charge is -2.32. The van der Waals surface area contributed by atoms with Crippen molar-refractivity contribution in [2.45, 2.75) is 64.8 Å². The van der Waals surface area contributed by atoms with Crippen LogP contribution in [0.2, 0.25) is 0 Å². The molecule has 0 amide bonds. The number of methoxy groups -OCH3 is 1. The minimum Gasteiger partial charge on any atom is -0.469 e. The maximum Gasteiger partial charge on any atom is 0.494 e.